The van der Waals surface area contributed by atoms with Gasteiger partial charge in [-0.3, -0.25) is 19.1 Å². The van der Waals surface area contributed by atoms with Crippen LogP contribution < -0.4 is 16.6 Å². The molecular weight excluding hydrogens is 376 g/mol. The van der Waals surface area contributed by atoms with Crippen molar-refractivity contribution in [1.82, 2.24) is 14.5 Å². The van der Waals surface area contributed by atoms with Crippen LogP contribution in [0.4, 0.5) is 5.69 Å². The summed E-state index contributed by atoms with van der Waals surface area (Å²) in [5, 5.41) is 5.39. The minimum atomic E-state index is -0.635. The highest BCUT2D eigenvalue weighted by Gasteiger charge is 2.16. The van der Waals surface area contributed by atoms with Crippen molar-refractivity contribution in [2.75, 3.05) is 5.32 Å². The molecule has 2 N–H and O–H groups in total. The number of aromatic amines is 1. The number of carbonyl (C=O) groups is 1. The van der Waals surface area contributed by atoms with E-state index in [0.717, 1.165) is 32.2 Å². The van der Waals surface area contributed by atoms with Crippen LogP contribution in [0, 0.1) is 6.92 Å². The first-order valence-corrected chi connectivity index (χ1v) is 9.43. The highest BCUT2D eigenvalue weighted by molar-refractivity contribution is 7.09. The van der Waals surface area contributed by atoms with Crippen LogP contribution in [0.2, 0.25) is 0 Å². The van der Waals surface area contributed by atoms with E-state index in [1.54, 1.807) is 12.1 Å². The van der Waals surface area contributed by atoms with Gasteiger partial charge in [-0.15, -0.1) is 11.3 Å². The third kappa shape index (κ3) is 3.37. The van der Waals surface area contributed by atoms with Crippen LogP contribution in [0.15, 0.2) is 63.6 Å². The van der Waals surface area contributed by atoms with E-state index in [4.69, 9.17) is 0 Å². The lowest BCUT2D eigenvalue weighted by atomic mass is 10.1. The number of hydrogen-bond acceptors (Lipinski definition) is 5. The molecule has 0 aliphatic carbocycles. The van der Waals surface area contributed by atoms with Crippen LogP contribution in [-0.2, 0) is 6.54 Å². The van der Waals surface area contributed by atoms with E-state index < -0.39 is 17.2 Å². The Morgan fingerprint density at radius 2 is 2.04 bits per heavy atom. The largest absolute Gasteiger partial charge is 0.328 e. The average Bonchev–Trinajstić information content (AvgIpc) is 3.18. The average molecular weight is 392 g/mol. The molecule has 0 aliphatic heterocycles. The maximum Gasteiger partial charge on any atom is 0.328 e. The van der Waals surface area contributed by atoms with Crippen molar-refractivity contribution in [3.8, 4) is 0 Å². The van der Waals surface area contributed by atoms with Crippen molar-refractivity contribution in [2.24, 2.45) is 0 Å². The molecule has 0 radical (unpaired) electrons. The Labute approximate surface area is 163 Å². The first-order chi connectivity index (χ1) is 13.5. The smallest absolute Gasteiger partial charge is 0.321 e. The van der Waals surface area contributed by atoms with E-state index in [-0.39, 0.29) is 12.1 Å². The van der Waals surface area contributed by atoms with Gasteiger partial charge in [0.2, 0.25) is 0 Å². The van der Waals surface area contributed by atoms with E-state index in [2.05, 4.69) is 15.3 Å². The Hall–Kier alpha value is -3.52. The number of anilines is 1. The normalized spacial score (nSPS) is 10.9. The van der Waals surface area contributed by atoms with Gasteiger partial charge in [0.1, 0.15) is 5.56 Å². The highest BCUT2D eigenvalue weighted by Crippen LogP contribution is 2.22. The number of nitrogens with one attached hydrogen (secondary N) is 2. The molecular formula is C20H16N4O3S. The van der Waals surface area contributed by atoms with E-state index >= 15 is 0 Å². The molecule has 3 aromatic heterocycles. The Morgan fingerprint density at radius 3 is 2.82 bits per heavy atom. The van der Waals surface area contributed by atoms with Crippen LogP contribution in [0.5, 0.6) is 0 Å². The van der Waals surface area contributed by atoms with Gasteiger partial charge in [0.25, 0.3) is 11.5 Å². The zero-order valence-electron chi connectivity index (χ0n) is 14.9. The van der Waals surface area contributed by atoms with Gasteiger partial charge < -0.3 is 10.3 Å². The summed E-state index contributed by atoms with van der Waals surface area (Å²) < 4.78 is 1.02. The van der Waals surface area contributed by atoms with Crippen LogP contribution >= 0.6 is 11.3 Å². The standard InChI is InChI=1S/C20H16N4O3S/c1-12-7-8-14-16(22-12)5-2-6-17(14)23-18(25)15-10-21-20(27)24(19(15)26)11-13-4-3-9-28-13/h2-10H,11H2,1H3,(H,21,27)(H,23,25). The maximum atomic E-state index is 12.7. The number of benzene rings is 1. The van der Waals surface area contributed by atoms with E-state index in [9.17, 15) is 14.4 Å². The second kappa shape index (κ2) is 7.24. The van der Waals surface area contributed by atoms with Crippen molar-refractivity contribution >= 4 is 33.8 Å². The molecule has 0 saturated carbocycles. The molecule has 0 bridgehead atoms. The number of nitrogens with zero attached hydrogens (tertiary/aromatic N) is 2. The molecule has 1 amide bonds. The molecule has 140 valence electrons. The summed E-state index contributed by atoms with van der Waals surface area (Å²) in [6.07, 6.45) is 1.15. The van der Waals surface area contributed by atoms with Crippen LogP contribution in [0.25, 0.3) is 10.9 Å². The number of pyridine rings is 1. The zero-order chi connectivity index (χ0) is 19.7. The van der Waals surface area contributed by atoms with Crippen molar-refractivity contribution in [2.45, 2.75) is 13.5 Å². The van der Waals surface area contributed by atoms with Crippen LogP contribution in [-0.4, -0.2) is 20.4 Å². The summed E-state index contributed by atoms with van der Waals surface area (Å²) in [5.74, 6) is -0.589. The molecule has 7 nitrogen and oxygen atoms in total. The van der Waals surface area contributed by atoms with Crippen LogP contribution in [0.3, 0.4) is 0 Å². The Bertz CT molecular complexity index is 1290. The highest BCUT2D eigenvalue weighted by atomic mass is 32.1. The lowest BCUT2D eigenvalue weighted by molar-refractivity contribution is 0.102. The van der Waals surface area contributed by atoms with E-state index in [0.29, 0.717) is 5.69 Å². The van der Waals surface area contributed by atoms with Gasteiger partial charge in [0, 0.05) is 22.2 Å². The Kier molecular flexibility index (Phi) is 4.62. The van der Waals surface area contributed by atoms with Crippen molar-refractivity contribution < 1.29 is 4.79 Å². The molecule has 0 aliphatic rings. The molecule has 1 aromatic carbocycles. The van der Waals surface area contributed by atoms with Gasteiger partial charge in [0.15, 0.2) is 0 Å². The first kappa shape index (κ1) is 17.9. The fourth-order valence-corrected chi connectivity index (χ4v) is 3.62. The summed E-state index contributed by atoms with van der Waals surface area (Å²) in [6, 6.07) is 12.8. The molecule has 3 heterocycles. The topological polar surface area (TPSA) is 96.9 Å². The van der Waals surface area contributed by atoms with Crippen molar-refractivity contribution in [3.63, 3.8) is 0 Å². The predicted octanol–water partition coefficient (Wildman–Crippen LogP) is 2.76. The second-order valence-electron chi connectivity index (χ2n) is 6.26. The third-order valence-electron chi connectivity index (χ3n) is 4.32. The number of hydrogen-bond donors (Lipinski definition) is 2. The van der Waals surface area contributed by atoms with Crippen LogP contribution in [0.1, 0.15) is 20.9 Å². The second-order valence-corrected chi connectivity index (χ2v) is 7.29. The summed E-state index contributed by atoms with van der Waals surface area (Å²) >= 11 is 1.43. The fourth-order valence-electron chi connectivity index (χ4n) is 2.93. The Balaban J connectivity index is 1.70. The molecule has 0 atom stereocenters. The number of aromatic nitrogens is 3. The third-order valence-corrected chi connectivity index (χ3v) is 5.18. The van der Waals surface area contributed by atoms with Gasteiger partial charge in [-0.05, 0) is 42.6 Å². The molecule has 8 heteroatoms. The molecule has 0 fully saturated rings. The van der Waals surface area contributed by atoms with Crippen molar-refractivity contribution in [1.29, 1.82) is 0 Å². The number of H-pyrrole nitrogens is 1. The fraction of sp³-hybridized carbons (Fsp3) is 0.100. The summed E-state index contributed by atoms with van der Waals surface area (Å²) in [7, 11) is 0. The number of amides is 1. The molecule has 0 spiro atoms. The Morgan fingerprint density at radius 1 is 1.18 bits per heavy atom. The van der Waals surface area contributed by atoms with Gasteiger partial charge >= 0.3 is 5.69 Å². The lowest BCUT2D eigenvalue weighted by Crippen LogP contribution is -2.39. The van der Waals surface area contributed by atoms with Gasteiger partial charge in [-0.2, -0.15) is 0 Å². The van der Waals surface area contributed by atoms with E-state index in [1.807, 2.05) is 42.6 Å². The lowest BCUT2D eigenvalue weighted by Gasteiger charge is -2.10. The SMILES string of the molecule is Cc1ccc2c(NC(=O)c3c[nH]c(=O)n(Cc4cccs4)c3=O)cccc2n1. The molecule has 4 rings (SSSR count). The number of aryl methyl sites for hydroxylation is 1. The first-order valence-electron chi connectivity index (χ1n) is 8.55. The minimum Gasteiger partial charge on any atom is -0.321 e. The van der Waals surface area contributed by atoms with Gasteiger partial charge in [-0.25, -0.2) is 4.79 Å². The van der Waals surface area contributed by atoms with Gasteiger partial charge in [-0.1, -0.05) is 12.1 Å². The maximum absolute atomic E-state index is 12.7. The molecule has 28 heavy (non-hydrogen) atoms. The summed E-state index contributed by atoms with van der Waals surface area (Å²) in [5.41, 5.74) is 0.838. The van der Waals surface area contributed by atoms with Crippen molar-refractivity contribution in [3.05, 3.63) is 91.0 Å². The number of rotatable bonds is 4. The number of carbonyl (C=O) groups excluding carboxylic acids is 1. The zero-order valence-corrected chi connectivity index (χ0v) is 15.7. The van der Waals surface area contributed by atoms with Gasteiger partial charge in [0.05, 0.1) is 17.7 Å². The minimum absolute atomic E-state index is 0.115. The number of thiophene rings is 1. The molecule has 4 aromatic rings. The summed E-state index contributed by atoms with van der Waals surface area (Å²) in [6.45, 7) is 2.01. The monoisotopic (exact) mass is 392 g/mol. The van der Waals surface area contributed by atoms with E-state index in [1.165, 1.54) is 11.3 Å². The predicted molar refractivity (Wildman–Crippen MR) is 109 cm³/mol. The number of fused-ring (bicyclic) bond motifs is 1. The molecule has 0 saturated heterocycles. The molecule has 0 unspecified atom stereocenters. The summed E-state index contributed by atoms with van der Waals surface area (Å²) in [4.78, 5) is 45.3. The quantitative estimate of drug-likeness (QED) is 0.558.